The van der Waals surface area contributed by atoms with Gasteiger partial charge in [0.15, 0.2) is 0 Å². The van der Waals surface area contributed by atoms with E-state index in [9.17, 15) is 9.59 Å². The van der Waals surface area contributed by atoms with E-state index < -0.39 is 14.0 Å². The molecule has 10 heteroatoms. The number of carbonyl (C=O) groups excluding carboxylic acids is 2. The third-order valence-electron chi connectivity index (χ3n) is 7.53. The number of halogens is 1. The van der Waals surface area contributed by atoms with Gasteiger partial charge in [-0.1, -0.05) is 46.3 Å². The number of esters is 1. The predicted octanol–water partition coefficient (Wildman–Crippen LogP) is 6.24. The van der Waals surface area contributed by atoms with Crippen LogP contribution in [0.1, 0.15) is 62.2 Å². The van der Waals surface area contributed by atoms with E-state index in [4.69, 9.17) is 10.00 Å². The second-order valence-electron chi connectivity index (χ2n) is 10.9. The Morgan fingerprint density at radius 2 is 1.94 bits per heavy atom. The van der Waals surface area contributed by atoms with E-state index in [0.717, 1.165) is 12.8 Å². The van der Waals surface area contributed by atoms with E-state index in [-0.39, 0.29) is 25.2 Å². The van der Waals surface area contributed by atoms with Gasteiger partial charge in [-0.05, 0) is 65.2 Å². The number of nitrogens with one attached hydrogen (secondary N) is 1. The van der Waals surface area contributed by atoms with Crippen molar-refractivity contribution in [3.05, 3.63) is 44.8 Å². The molecule has 2 heterocycles. The maximum Gasteiger partial charge on any atom is 0.342 e. The first-order valence-electron chi connectivity index (χ1n) is 12.4. The molecule has 0 fully saturated rings. The summed E-state index contributed by atoms with van der Waals surface area (Å²) in [6, 6.07) is 9.80. The fourth-order valence-electron chi connectivity index (χ4n) is 4.23. The number of nitrogens with zero attached hydrogens (tertiary/aromatic N) is 4. The Balaban J connectivity index is 1.85. The standard InChI is InChI=1S/C26H36IN5O3Si/c1-7-35-24(33)22-21-17-31(25(34)29-19-12-10-18(15-28)11-13-19)20(16-32(21)30-23(22)27)9-8-14-36(5,6)26(2,3)4/h10-13,20H,7-9,14,16-17H2,1-6H3,(H,29,34). The highest BCUT2D eigenvalue weighted by Gasteiger charge is 2.37. The van der Waals surface area contributed by atoms with Gasteiger partial charge in [0.05, 0.1) is 51.1 Å². The largest absolute Gasteiger partial charge is 0.462 e. The summed E-state index contributed by atoms with van der Waals surface area (Å²) in [6.07, 6.45) is 1.89. The molecule has 8 nitrogen and oxygen atoms in total. The molecule has 2 amide bonds. The van der Waals surface area contributed by atoms with Crippen LogP contribution >= 0.6 is 22.6 Å². The molecule has 194 valence electrons. The Labute approximate surface area is 228 Å². The molecule has 0 spiro atoms. The first-order valence-corrected chi connectivity index (χ1v) is 16.7. The van der Waals surface area contributed by atoms with E-state index >= 15 is 0 Å². The smallest absolute Gasteiger partial charge is 0.342 e. The number of fused-ring (bicyclic) bond motifs is 1. The van der Waals surface area contributed by atoms with Crippen molar-refractivity contribution in [2.45, 2.75) is 83.8 Å². The van der Waals surface area contributed by atoms with Crippen LogP contribution in [-0.2, 0) is 17.8 Å². The average molecular weight is 622 g/mol. The lowest BCUT2D eigenvalue weighted by Gasteiger charge is -2.39. The molecule has 36 heavy (non-hydrogen) atoms. The summed E-state index contributed by atoms with van der Waals surface area (Å²) in [4.78, 5) is 28.0. The first-order chi connectivity index (χ1) is 16.9. The quantitative estimate of drug-likeness (QED) is 0.224. The lowest BCUT2D eigenvalue weighted by molar-refractivity contribution is 0.0520. The van der Waals surface area contributed by atoms with Crippen LogP contribution in [0, 0.1) is 15.0 Å². The molecule has 0 bridgehead atoms. The van der Waals surface area contributed by atoms with Crippen LogP contribution in [0.3, 0.4) is 0 Å². The number of hydrogen-bond acceptors (Lipinski definition) is 5. The van der Waals surface area contributed by atoms with Gasteiger partial charge in [0.25, 0.3) is 0 Å². The molecule has 1 aliphatic heterocycles. The monoisotopic (exact) mass is 621 g/mol. The fourth-order valence-corrected chi connectivity index (χ4v) is 6.86. The molecule has 2 aromatic rings. The van der Waals surface area contributed by atoms with E-state index in [1.807, 2.05) is 9.58 Å². The molecule has 0 radical (unpaired) electrons. The highest BCUT2D eigenvalue weighted by Crippen LogP contribution is 2.40. The first kappa shape index (κ1) is 28.2. The normalized spacial score (nSPS) is 15.7. The van der Waals surface area contributed by atoms with Gasteiger partial charge in [0.1, 0.15) is 9.26 Å². The SMILES string of the molecule is CCOC(=O)c1c(I)nn2c1CN(C(=O)Nc1ccc(C#N)cc1)C(CCC[Si](C)(C)C(C)(C)C)C2. The van der Waals surface area contributed by atoms with Crippen LogP contribution in [0.2, 0.25) is 24.2 Å². The molecule has 0 aliphatic carbocycles. The highest BCUT2D eigenvalue weighted by atomic mass is 127. The van der Waals surface area contributed by atoms with Crippen molar-refractivity contribution in [3.8, 4) is 6.07 Å². The summed E-state index contributed by atoms with van der Waals surface area (Å²) < 4.78 is 7.73. The molecule has 0 saturated carbocycles. The second-order valence-corrected chi connectivity index (χ2v) is 17.7. The average Bonchev–Trinajstić information content (AvgIpc) is 3.13. The zero-order chi connectivity index (χ0) is 26.7. The number of anilines is 1. The molecule has 1 aromatic carbocycles. The summed E-state index contributed by atoms with van der Waals surface area (Å²) >= 11 is 2.07. The molecule has 1 atom stereocenters. The van der Waals surface area contributed by atoms with Gasteiger partial charge in [-0.15, -0.1) is 0 Å². The van der Waals surface area contributed by atoms with E-state index in [2.05, 4.69) is 72.9 Å². The molecule has 0 saturated heterocycles. The Bertz CT molecular complexity index is 1150. The number of ether oxygens (including phenoxy) is 1. The molecule has 1 unspecified atom stereocenters. The third-order valence-corrected chi connectivity index (χ3v) is 14.0. The summed E-state index contributed by atoms with van der Waals surface area (Å²) in [6.45, 7) is 14.7. The zero-order valence-electron chi connectivity index (χ0n) is 22.0. The van der Waals surface area contributed by atoms with Crippen molar-refractivity contribution in [3.63, 3.8) is 0 Å². The Kier molecular flexibility index (Phi) is 8.87. The minimum atomic E-state index is -1.44. The molecular formula is C26H36IN5O3Si. The summed E-state index contributed by atoms with van der Waals surface area (Å²) in [5, 5.41) is 17.0. The number of aromatic nitrogens is 2. The zero-order valence-corrected chi connectivity index (χ0v) is 25.2. The minimum absolute atomic E-state index is 0.0496. The van der Waals surface area contributed by atoms with Crippen molar-refractivity contribution in [2.75, 3.05) is 11.9 Å². The minimum Gasteiger partial charge on any atom is -0.462 e. The van der Waals surface area contributed by atoms with E-state index in [0.29, 0.717) is 37.8 Å². The van der Waals surface area contributed by atoms with Crippen molar-refractivity contribution in [1.82, 2.24) is 14.7 Å². The van der Waals surface area contributed by atoms with Crippen molar-refractivity contribution >= 4 is 48.4 Å². The molecule has 3 rings (SSSR count). The predicted molar refractivity (Wildman–Crippen MR) is 152 cm³/mol. The molecule has 1 aromatic heterocycles. The van der Waals surface area contributed by atoms with Crippen LogP contribution in [0.4, 0.5) is 10.5 Å². The maximum atomic E-state index is 13.5. The van der Waals surface area contributed by atoms with Crippen molar-refractivity contribution in [1.29, 1.82) is 5.26 Å². The van der Waals surface area contributed by atoms with Gasteiger partial charge in [0, 0.05) is 5.69 Å². The van der Waals surface area contributed by atoms with Gasteiger partial charge < -0.3 is 15.0 Å². The van der Waals surface area contributed by atoms with Crippen LogP contribution in [0.25, 0.3) is 0 Å². The number of carbonyl (C=O) groups is 2. The Hall–Kier alpha value is -2.39. The molecule has 1 N–H and O–H groups in total. The number of benzene rings is 1. The van der Waals surface area contributed by atoms with Gasteiger partial charge in [0.2, 0.25) is 0 Å². The van der Waals surface area contributed by atoms with Gasteiger partial charge in [-0.25, -0.2) is 9.59 Å². The van der Waals surface area contributed by atoms with Gasteiger partial charge >= 0.3 is 12.0 Å². The fraction of sp³-hybridized carbons (Fsp3) is 0.538. The van der Waals surface area contributed by atoms with E-state index in [1.54, 1.807) is 31.2 Å². The Morgan fingerprint density at radius 1 is 1.28 bits per heavy atom. The third kappa shape index (κ3) is 6.29. The highest BCUT2D eigenvalue weighted by molar-refractivity contribution is 14.1. The molecular weight excluding hydrogens is 585 g/mol. The molecule has 1 aliphatic rings. The number of amides is 2. The maximum absolute atomic E-state index is 13.5. The lowest BCUT2D eigenvalue weighted by Crippen LogP contribution is -2.49. The summed E-state index contributed by atoms with van der Waals surface area (Å²) in [7, 11) is -1.44. The topological polar surface area (TPSA) is 100 Å². The van der Waals surface area contributed by atoms with Crippen molar-refractivity contribution in [2.24, 2.45) is 0 Å². The summed E-state index contributed by atoms with van der Waals surface area (Å²) in [5.74, 6) is -0.410. The van der Waals surface area contributed by atoms with Gasteiger partial charge in [-0.2, -0.15) is 10.4 Å². The Morgan fingerprint density at radius 3 is 2.53 bits per heavy atom. The number of rotatable bonds is 7. The van der Waals surface area contributed by atoms with E-state index in [1.165, 1.54) is 6.04 Å². The van der Waals surface area contributed by atoms with Crippen LogP contribution in [0.15, 0.2) is 24.3 Å². The number of hydrogen-bond donors (Lipinski definition) is 1. The second kappa shape index (κ2) is 11.3. The van der Waals surface area contributed by atoms with Crippen molar-refractivity contribution < 1.29 is 14.3 Å². The number of urea groups is 1. The lowest BCUT2D eigenvalue weighted by atomic mass is 10.1. The summed E-state index contributed by atoms with van der Waals surface area (Å²) in [5.41, 5.74) is 2.30. The number of nitriles is 1. The van der Waals surface area contributed by atoms with Crippen LogP contribution in [-0.4, -0.2) is 47.4 Å². The van der Waals surface area contributed by atoms with Crippen LogP contribution in [0.5, 0.6) is 0 Å². The van der Waals surface area contributed by atoms with Gasteiger partial charge in [-0.3, -0.25) is 4.68 Å². The van der Waals surface area contributed by atoms with Crippen LogP contribution < -0.4 is 5.32 Å².